The Hall–Kier alpha value is -1.64. The molecule has 0 fully saturated rings. The van der Waals surface area contributed by atoms with Gasteiger partial charge in [0.15, 0.2) is 0 Å². The number of hydrogen-bond acceptors (Lipinski definition) is 2. The Morgan fingerprint density at radius 1 is 1.29 bits per heavy atom. The van der Waals surface area contributed by atoms with E-state index in [9.17, 15) is 4.79 Å². The molecule has 1 aromatic heterocycles. The van der Waals surface area contributed by atoms with E-state index >= 15 is 0 Å². The SMILES string of the molecule is CC(=O)CCCn1cnc2cc(C)c(C)cc21. The van der Waals surface area contributed by atoms with Crippen molar-refractivity contribution < 1.29 is 4.79 Å². The van der Waals surface area contributed by atoms with Crippen molar-refractivity contribution in [1.82, 2.24) is 9.55 Å². The Balaban J connectivity index is 2.23. The van der Waals surface area contributed by atoms with E-state index in [4.69, 9.17) is 0 Å². The molecule has 0 unspecified atom stereocenters. The van der Waals surface area contributed by atoms with Gasteiger partial charge in [-0.15, -0.1) is 0 Å². The van der Waals surface area contributed by atoms with Gasteiger partial charge in [0, 0.05) is 13.0 Å². The Morgan fingerprint density at radius 3 is 2.71 bits per heavy atom. The van der Waals surface area contributed by atoms with Crippen LogP contribution in [0.2, 0.25) is 0 Å². The minimum atomic E-state index is 0.251. The Kier molecular flexibility index (Phi) is 3.27. The van der Waals surface area contributed by atoms with Crippen LogP contribution in [0.4, 0.5) is 0 Å². The van der Waals surface area contributed by atoms with Crippen LogP contribution in [0.3, 0.4) is 0 Å². The first-order chi connectivity index (χ1) is 8.08. The van der Waals surface area contributed by atoms with Crippen LogP contribution in [0, 0.1) is 13.8 Å². The van der Waals surface area contributed by atoms with Crippen LogP contribution >= 0.6 is 0 Å². The fourth-order valence-corrected chi connectivity index (χ4v) is 1.99. The van der Waals surface area contributed by atoms with E-state index in [1.54, 1.807) is 6.92 Å². The minimum Gasteiger partial charge on any atom is -0.331 e. The summed E-state index contributed by atoms with van der Waals surface area (Å²) in [4.78, 5) is 15.3. The van der Waals surface area contributed by atoms with Crippen LogP contribution in [-0.4, -0.2) is 15.3 Å². The Bertz CT molecular complexity index is 555. The van der Waals surface area contributed by atoms with Gasteiger partial charge in [-0.3, -0.25) is 0 Å². The molecule has 0 aliphatic heterocycles. The van der Waals surface area contributed by atoms with E-state index in [2.05, 4.69) is 35.5 Å². The lowest BCUT2D eigenvalue weighted by molar-refractivity contribution is -0.117. The standard InChI is InChI=1S/C14H18N2O/c1-10-7-13-14(8-11(10)2)16(9-15-13)6-4-5-12(3)17/h7-9H,4-6H2,1-3H3. The number of ketones is 1. The molecule has 3 heteroatoms. The second kappa shape index (κ2) is 4.70. The van der Waals surface area contributed by atoms with Crippen molar-refractivity contribution in [3.8, 4) is 0 Å². The van der Waals surface area contributed by atoms with Crippen LogP contribution in [0.15, 0.2) is 18.5 Å². The molecule has 0 radical (unpaired) electrons. The molecule has 1 aromatic carbocycles. The average Bonchev–Trinajstić information content (AvgIpc) is 2.62. The van der Waals surface area contributed by atoms with Crippen molar-refractivity contribution in [3.05, 3.63) is 29.6 Å². The van der Waals surface area contributed by atoms with Gasteiger partial charge in [0.25, 0.3) is 0 Å². The molecule has 17 heavy (non-hydrogen) atoms. The lowest BCUT2D eigenvalue weighted by Gasteiger charge is -2.05. The highest BCUT2D eigenvalue weighted by Gasteiger charge is 2.05. The average molecular weight is 230 g/mol. The predicted molar refractivity (Wildman–Crippen MR) is 69.1 cm³/mol. The number of fused-ring (bicyclic) bond motifs is 1. The van der Waals surface area contributed by atoms with Gasteiger partial charge < -0.3 is 9.36 Å². The number of rotatable bonds is 4. The molecule has 0 aliphatic carbocycles. The molecular weight excluding hydrogens is 212 g/mol. The third kappa shape index (κ3) is 2.54. The first kappa shape index (κ1) is 11.8. The monoisotopic (exact) mass is 230 g/mol. The molecule has 0 bridgehead atoms. The minimum absolute atomic E-state index is 0.251. The van der Waals surface area contributed by atoms with Crippen molar-refractivity contribution in [2.75, 3.05) is 0 Å². The number of aromatic nitrogens is 2. The van der Waals surface area contributed by atoms with Gasteiger partial charge in [-0.25, -0.2) is 4.98 Å². The van der Waals surface area contributed by atoms with Crippen LogP contribution in [-0.2, 0) is 11.3 Å². The molecule has 2 rings (SSSR count). The van der Waals surface area contributed by atoms with Crippen molar-refractivity contribution >= 4 is 16.8 Å². The molecule has 2 aromatic rings. The number of nitrogens with zero attached hydrogens (tertiary/aromatic N) is 2. The summed E-state index contributed by atoms with van der Waals surface area (Å²) in [5, 5.41) is 0. The van der Waals surface area contributed by atoms with Crippen LogP contribution in [0.1, 0.15) is 30.9 Å². The van der Waals surface area contributed by atoms with Crippen LogP contribution < -0.4 is 0 Å². The summed E-state index contributed by atoms with van der Waals surface area (Å²) < 4.78 is 2.13. The third-order valence-electron chi connectivity index (χ3n) is 3.16. The van der Waals surface area contributed by atoms with E-state index in [0.29, 0.717) is 6.42 Å². The second-order valence-electron chi connectivity index (χ2n) is 4.67. The maximum atomic E-state index is 10.9. The lowest BCUT2D eigenvalue weighted by Crippen LogP contribution is -1.99. The fraction of sp³-hybridized carbons (Fsp3) is 0.429. The van der Waals surface area contributed by atoms with Gasteiger partial charge in [-0.05, 0) is 50.5 Å². The zero-order valence-corrected chi connectivity index (χ0v) is 10.7. The predicted octanol–water partition coefficient (Wildman–Crippen LogP) is 3.02. The van der Waals surface area contributed by atoms with Crippen LogP contribution in [0.25, 0.3) is 11.0 Å². The maximum Gasteiger partial charge on any atom is 0.129 e. The van der Waals surface area contributed by atoms with Gasteiger partial charge >= 0.3 is 0 Å². The molecule has 0 spiro atoms. The van der Waals surface area contributed by atoms with Crippen molar-refractivity contribution in [2.24, 2.45) is 0 Å². The zero-order chi connectivity index (χ0) is 12.4. The molecule has 0 N–H and O–H groups in total. The topological polar surface area (TPSA) is 34.9 Å². The summed E-state index contributed by atoms with van der Waals surface area (Å²) in [6.07, 6.45) is 3.39. The summed E-state index contributed by atoms with van der Waals surface area (Å²) in [6.45, 7) is 6.71. The third-order valence-corrected chi connectivity index (χ3v) is 3.16. The molecule has 0 aliphatic rings. The molecule has 0 saturated heterocycles. The number of Topliss-reactive ketones (excluding diaryl/α,β-unsaturated/α-hetero) is 1. The van der Waals surface area contributed by atoms with E-state index in [-0.39, 0.29) is 5.78 Å². The lowest BCUT2D eigenvalue weighted by atomic mass is 10.1. The van der Waals surface area contributed by atoms with Gasteiger partial charge in [-0.1, -0.05) is 0 Å². The first-order valence-corrected chi connectivity index (χ1v) is 5.99. The van der Waals surface area contributed by atoms with Crippen LogP contribution in [0.5, 0.6) is 0 Å². The quantitative estimate of drug-likeness (QED) is 0.809. The van der Waals surface area contributed by atoms with Gasteiger partial charge in [0.05, 0.1) is 17.4 Å². The van der Waals surface area contributed by atoms with Crippen molar-refractivity contribution in [3.63, 3.8) is 0 Å². The largest absolute Gasteiger partial charge is 0.331 e. The summed E-state index contributed by atoms with van der Waals surface area (Å²) in [5.41, 5.74) is 4.75. The molecule has 90 valence electrons. The Morgan fingerprint density at radius 2 is 2.00 bits per heavy atom. The molecule has 0 saturated carbocycles. The van der Waals surface area contributed by atoms with Gasteiger partial charge in [0.2, 0.25) is 0 Å². The summed E-state index contributed by atoms with van der Waals surface area (Å²) in [6, 6.07) is 4.29. The number of imidazole rings is 1. The molecule has 0 amide bonds. The second-order valence-corrected chi connectivity index (χ2v) is 4.67. The fourth-order valence-electron chi connectivity index (χ4n) is 1.99. The molecule has 1 heterocycles. The zero-order valence-electron chi connectivity index (χ0n) is 10.7. The van der Waals surface area contributed by atoms with Gasteiger partial charge in [0.1, 0.15) is 5.78 Å². The van der Waals surface area contributed by atoms with E-state index < -0.39 is 0 Å². The van der Waals surface area contributed by atoms with E-state index in [1.165, 1.54) is 11.1 Å². The van der Waals surface area contributed by atoms with Gasteiger partial charge in [-0.2, -0.15) is 0 Å². The highest BCUT2D eigenvalue weighted by atomic mass is 16.1. The van der Waals surface area contributed by atoms with Crippen molar-refractivity contribution in [1.29, 1.82) is 0 Å². The first-order valence-electron chi connectivity index (χ1n) is 5.99. The number of hydrogen-bond donors (Lipinski definition) is 0. The molecule has 0 atom stereocenters. The Labute approximate surface area is 101 Å². The van der Waals surface area contributed by atoms with E-state index in [1.807, 2.05) is 6.33 Å². The summed E-state index contributed by atoms with van der Waals surface area (Å²) in [7, 11) is 0. The number of benzene rings is 1. The van der Waals surface area contributed by atoms with E-state index in [0.717, 1.165) is 24.0 Å². The molecule has 3 nitrogen and oxygen atoms in total. The maximum absolute atomic E-state index is 10.9. The number of carbonyl (C=O) groups excluding carboxylic acids is 1. The number of carbonyl (C=O) groups is 1. The number of aryl methyl sites for hydroxylation is 3. The normalized spacial score (nSPS) is 11.0. The smallest absolute Gasteiger partial charge is 0.129 e. The molecular formula is C14H18N2O. The summed E-state index contributed by atoms with van der Waals surface area (Å²) in [5.74, 6) is 0.251. The highest BCUT2D eigenvalue weighted by Crippen LogP contribution is 2.18. The highest BCUT2D eigenvalue weighted by molar-refractivity contribution is 5.77. The van der Waals surface area contributed by atoms with Crippen molar-refractivity contribution in [2.45, 2.75) is 40.2 Å². The summed E-state index contributed by atoms with van der Waals surface area (Å²) >= 11 is 0.